The maximum Gasteiger partial charge on any atom is 0.227 e. The third kappa shape index (κ3) is 2.68. The maximum atomic E-state index is 5.64. The van der Waals surface area contributed by atoms with Gasteiger partial charge in [-0.15, -0.1) is 0 Å². The zero-order valence-electron chi connectivity index (χ0n) is 14.5. The predicted octanol–water partition coefficient (Wildman–Crippen LogP) is 4.73. The third-order valence-electron chi connectivity index (χ3n) is 6.68. The van der Waals surface area contributed by atoms with Crippen molar-refractivity contribution >= 4 is 0 Å². The summed E-state index contributed by atoms with van der Waals surface area (Å²) in [6.45, 7) is 2.11. The van der Waals surface area contributed by atoms with Crippen LogP contribution in [0.2, 0.25) is 0 Å². The lowest BCUT2D eigenvalue weighted by molar-refractivity contribution is -0.0556. The molecule has 0 N–H and O–H groups in total. The summed E-state index contributed by atoms with van der Waals surface area (Å²) in [4.78, 5) is 4.73. The Kier molecular flexibility index (Phi) is 3.33. The fraction of sp³-hybridized carbons (Fsp3) is 0.619. The zero-order valence-corrected chi connectivity index (χ0v) is 14.5. The highest BCUT2D eigenvalue weighted by atomic mass is 16.5. The van der Waals surface area contributed by atoms with E-state index in [1.807, 2.05) is 0 Å². The summed E-state index contributed by atoms with van der Waals surface area (Å²) in [5, 5.41) is 4.25. The van der Waals surface area contributed by atoms with E-state index in [1.54, 1.807) is 0 Å². The maximum absolute atomic E-state index is 5.64. The van der Waals surface area contributed by atoms with Crippen LogP contribution in [0.25, 0.3) is 0 Å². The van der Waals surface area contributed by atoms with Crippen LogP contribution < -0.4 is 0 Å². The number of hydrogen-bond donors (Lipinski definition) is 0. The van der Waals surface area contributed by atoms with Gasteiger partial charge in [-0.1, -0.05) is 35.0 Å². The van der Waals surface area contributed by atoms with Gasteiger partial charge in [-0.25, -0.2) is 0 Å². The zero-order chi connectivity index (χ0) is 16.1. The molecule has 1 heterocycles. The molecule has 3 heteroatoms. The van der Waals surface area contributed by atoms with E-state index in [1.165, 1.54) is 49.7 Å². The fourth-order valence-electron chi connectivity index (χ4n) is 6.15. The molecule has 4 fully saturated rings. The summed E-state index contributed by atoms with van der Waals surface area (Å²) in [5.41, 5.74) is 3.01. The van der Waals surface area contributed by atoms with Crippen LogP contribution in [0.5, 0.6) is 0 Å². The van der Waals surface area contributed by atoms with Crippen molar-refractivity contribution in [2.24, 2.45) is 23.2 Å². The topological polar surface area (TPSA) is 38.9 Å². The smallest absolute Gasteiger partial charge is 0.227 e. The van der Waals surface area contributed by atoms with Crippen LogP contribution >= 0.6 is 0 Å². The molecule has 4 saturated carbocycles. The highest BCUT2D eigenvalue weighted by Gasteiger charge is 2.51. The Morgan fingerprint density at radius 1 is 1.00 bits per heavy atom. The molecule has 1 aromatic heterocycles. The van der Waals surface area contributed by atoms with Crippen LogP contribution in [0.1, 0.15) is 61.4 Å². The number of aromatic nitrogens is 2. The number of hydrogen-bond acceptors (Lipinski definition) is 3. The number of benzene rings is 1. The second-order valence-corrected chi connectivity index (χ2v) is 8.86. The first-order valence-electron chi connectivity index (χ1n) is 9.53. The van der Waals surface area contributed by atoms with E-state index in [0.29, 0.717) is 5.41 Å². The molecule has 0 radical (unpaired) electrons. The minimum Gasteiger partial charge on any atom is -0.339 e. The largest absolute Gasteiger partial charge is 0.339 e. The standard InChI is InChI=1S/C21H26N2O/c1-14-2-4-15(5-3-14)9-19-22-20(24-23-19)13-21-10-16-6-17(11-21)8-18(7-16)12-21/h2-5,16-18H,6-13H2,1H3. The fourth-order valence-corrected chi connectivity index (χ4v) is 6.15. The quantitative estimate of drug-likeness (QED) is 0.817. The molecular weight excluding hydrogens is 296 g/mol. The molecule has 0 aliphatic heterocycles. The van der Waals surface area contributed by atoms with Gasteiger partial charge >= 0.3 is 0 Å². The Labute approximate surface area is 143 Å². The highest BCUT2D eigenvalue weighted by Crippen LogP contribution is 2.60. The molecule has 4 aliphatic rings. The number of aryl methyl sites for hydroxylation is 1. The summed E-state index contributed by atoms with van der Waals surface area (Å²) in [6, 6.07) is 8.60. The Morgan fingerprint density at radius 3 is 2.25 bits per heavy atom. The highest BCUT2D eigenvalue weighted by molar-refractivity contribution is 5.23. The van der Waals surface area contributed by atoms with Crippen LogP contribution in [0.15, 0.2) is 28.8 Å². The summed E-state index contributed by atoms with van der Waals surface area (Å²) in [6.07, 6.45) is 10.4. The van der Waals surface area contributed by atoms with Gasteiger partial charge in [0, 0.05) is 12.8 Å². The Balaban J connectivity index is 1.30. The summed E-state index contributed by atoms with van der Waals surface area (Å²) in [7, 11) is 0. The monoisotopic (exact) mass is 322 g/mol. The van der Waals surface area contributed by atoms with E-state index >= 15 is 0 Å². The Morgan fingerprint density at radius 2 is 1.62 bits per heavy atom. The lowest BCUT2D eigenvalue weighted by atomic mass is 9.49. The molecule has 2 aromatic rings. The summed E-state index contributed by atoms with van der Waals surface area (Å²) < 4.78 is 5.64. The Bertz CT molecular complexity index is 695. The predicted molar refractivity (Wildman–Crippen MR) is 92.6 cm³/mol. The molecule has 0 spiro atoms. The average molecular weight is 322 g/mol. The van der Waals surface area contributed by atoms with Crippen molar-refractivity contribution in [3.63, 3.8) is 0 Å². The van der Waals surface area contributed by atoms with Crippen molar-refractivity contribution in [1.29, 1.82) is 0 Å². The van der Waals surface area contributed by atoms with Crippen molar-refractivity contribution in [3.8, 4) is 0 Å². The summed E-state index contributed by atoms with van der Waals surface area (Å²) >= 11 is 0. The van der Waals surface area contributed by atoms with Gasteiger partial charge in [-0.2, -0.15) is 4.98 Å². The minimum absolute atomic E-state index is 0.475. The molecule has 24 heavy (non-hydrogen) atoms. The van der Waals surface area contributed by atoms with E-state index < -0.39 is 0 Å². The lowest BCUT2D eigenvalue weighted by Gasteiger charge is -2.56. The molecule has 0 saturated heterocycles. The van der Waals surface area contributed by atoms with Crippen molar-refractivity contribution in [2.45, 2.75) is 58.3 Å². The van der Waals surface area contributed by atoms with E-state index in [4.69, 9.17) is 9.51 Å². The molecule has 4 aliphatic carbocycles. The van der Waals surface area contributed by atoms with Crippen LogP contribution in [-0.4, -0.2) is 10.1 Å². The lowest BCUT2D eigenvalue weighted by Crippen LogP contribution is -2.47. The first-order chi connectivity index (χ1) is 11.7. The first-order valence-corrected chi connectivity index (χ1v) is 9.53. The first kappa shape index (κ1) is 14.7. The van der Waals surface area contributed by atoms with Gasteiger partial charge in [0.05, 0.1) is 0 Å². The van der Waals surface area contributed by atoms with Crippen LogP contribution in [0.3, 0.4) is 0 Å². The van der Waals surface area contributed by atoms with E-state index in [-0.39, 0.29) is 0 Å². The van der Waals surface area contributed by atoms with Crippen molar-refractivity contribution < 1.29 is 4.52 Å². The van der Waals surface area contributed by atoms with Crippen molar-refractivity contribution in [3.05, 3.63) is 47.1 Å². The van der Waals surface area contributed by atoms with E-state index in [2.05, 4.69) is 36.3 Å². The van der Waals surface area contributed by atoms with Crippen molar-refractivity contribution in [2.75, 3.05) is 0 Å². The third-order valence-corrected chi connectivity index (χ3v) is 6.68. The van der Waals surface area contributed by atoms with Gasteiger partial charge in [0.25, 0.3) is 0 Å². The van der Waals surface area contributed by atoms with Gasteiger partial charge < -0.3 is 4.52 Å². The van der Waals surface area contributed by atoms with Gasteiger partial charge in [-0.05, 0) is 74.2 Å². The number of nitrogens with zero attached hydrogens (tertiary/aromatic N) is 2. The minimum atomic E-state index is 0.475. The van der Waals surface area contributed by atoms with Crippen LogP contribution in [-0.2, 0) is 12.8 Å². The number of rotatable bonds is 4. The normalized spacial score (nSPS) is 34.0. The average Bonchev–Trinajstić information content (AvgIpc) is 2.94. The molecule has 126 valence electrons. The SMILES string of the molecule is Cc1ccc(Cc2noc(CC34CC5CC(CC(C5)C3)C4)n2)cc1. The molecule has 3 nitrogen and oxygen atoms in total. The van der Waals surface area contributed by atoms with E-state index in [9.17, 15) is 0 Å². The second-order valence-electron chi connectivity index (χ2n) is 8.86. The van der Waals surface area contributed by atoms with Gasteiger partial charge in [-0.3, -0.25) is 0 Å². The Hall–Kier alpha value is -1.64. The van der Waals surface area contributed by atoms with Gasteiger partial charge in [0.2, 0.25) is 5.89 Å². The molecular formula is C21H26N2O. The van der Waals surface area contributed by atoms with Crippen LogP contribution in [0.4, 0.5) is 0 Å². The van der Waals surface area contributed by atoms with E-state index in [0.717, 1.165) is 42.3 Å². The molecule has 0 atom stereocenters. The molecule has 0 unspecified atom stereocenters. The second kappa shape index (κ2) is 5.44. The summed E-state index contributed by atoms with van der Waals surface area (Å²) in [5.74, 6) is 4.64. The molecule has 4 bridgehead atoms. The van der Waals surface area contributed by atoms with Crippen LogP contribution in [0, 0.1) is 30.1 Å². The molecule has 1 aromatic carbocycles. The van der Waals surface area contributed by atoms with Gasteiger partial charge in [0.15, 0.2) is 5.82 Å². The van der Waals surface area contributed by atoms with Gasteiger partial charge in [0.1, 0.15) is 0 Å². The molecule has 6 rings (SSSR count). The molecule has 0 amide bonds. The van der Waals surface area contributed by atoms with Crippen molar-refractivity contribution in [1.82, 2.24) is 10.1 Å².